The molecular formula is C29H29F3N2O4. The average molecular weight is 527 g/mol. The minimum atomic E-state index is -4.38. The molecule has 4 rings (SSSR count). The number of carbonyl (C=O) groups is 1. The number of rotatable bonds is 10. The summed E-state index contributed by atoms with van der Waals surface area (Å²) in [6.07, 6.45) is -3.47. The van der Waals surface area contributed by atoms with Gasteiger partial charge in [-0.05, 0) is 47.4 Å². The topological polar surface area (TPSA) is 60.4 Å². The fourth-order valence-electron chi connectivity index (χ4n) is 4.09. The number of alkyl halides is 3. The van der Waals surface area contributed by atoms with Crippen molar-refractivity contribution in [3.8, 4) is 5.75 Å². The highest BCUT2D eigenvalue weighted by Crippen LogP contribution is 2.29. The summed E-state index contributed by atoms with van der Waals surface area (Å²) < 4.78 is 50.2. The molecule has 9 heteroatoms. The molecule has 1 heterocycles. The van der Waals surface area contributed by atoms with Crippen LogP contribution in [0.15, 0.2) is 78.0 Å². The molecule has 0 radical (unpaired) electrons. The van der Waals surface area contributed by atoms with E-state index in [1.54, 1.807) is 0 Å². The second-order valence-corrected chi connectivity index (χ2v) is 8.99. The quantitative estimate of drug-likeness (QED) is 0.201. The van der Waals surface area contributed by atoms with Crippen molar-refractivity contribution in [2.45, 2.75) is 32.4 Å². The van der Waals surface area contributed by atoms with E-state index >= 15 is 0 Å². The molecule has 1 saturated heterocycles. The van der Waals surface area contributed by atoms with Gasteiger partial charge in [0.15, 0.2) is 0 Å². The Morgan fingerprint density at radius 1 is 1.08 bits per heavy atom. The van der Waals surface area contributed by atoms with E-state index in [9.17, 15) is 18.0 Å². The zero-order valence-corrected chi connectivity index (χ0v) is 21.0. The average Bonchev–Trinajstić information content (AvgIpc) is 2.90. The van der Waals surface area contributed by atoms with Gasteiger partial charge >= 0.3 is 6.18 Å². The van der Waals surface area contributed by atoms with Crippen LogP contribution in [0.25, 0.3) is 0 Å². The molecule has 0 saturated carbocycles. The second kappa shape index (κ2) is 12.7. The summed E-state index contributed by atoms with van der Waals surface area (Å²) in [4.78, 5) is 18.4. The lowest BCUT2D eigenvalue weighted by atomic mass is 10.0. The summed E-state index contributed by atoms with van der Waals surface area (Å²) in [6, 6.07) is 20.2. The lowest BCUT2D eigenvalue weighted by molar-refractivity contribution is -0.137. The fourth-order valence-corrected chi connectivity index (χ4v) is 4.09. The molecule has 1 unspecified atom stereocenters. The van der Waals surface area contributed by atoms with Crippen LogP contribution in [0.3, 0.4) is 0 Å². The lowest BCUT2D eigenvalue weighted by Gasteiger charge is -2.31. The van der Waals surface area contributed by atoms with E-state index in [-0.39, 0.29) is 6.61 Å². The SMILES string of the molecule is Cc1cc(CC(=NOCc2ccc(C(F)(F)F)cc2)c2ccccc2)ccc1OC1CN(CC=O)CCO1. The third-order valence-electron chi connectivity index (χ3n) is 6.11. The number of nitrogens with zero attached hydrogens (tertiary/aromatic N) is 2. The maximum Gasteiger partial charge on any atom is 0.416 e. The van der Waals surface area contributed by atoms with Crippen LogP contribution in [-0.4, -0.2) is 49.4 Å². The third kappa shape index (κ3) is 7.66. The first kappa shape index (κ1) is 27.3. The predicted octanol–water partition coefficient (Wildman–Crippen LogP) is 5.41. The molecule has 200 valence electrons. The van der Waals surface area contributed by atoms with Gasteiger partial charge in [-0.3, -0.25) is 4.90 Å². The summed E-state index contributed by atoms with van der Waals surface area (Å²) in [5.41, 5.74) is 3.36. The van der Waals surface area contributed by atoms with E-state index in [4.69, 9.17) is 14.3 Å². The molecule has 0 amide bonds. The first-order valence-corrected chi connectivity index (χ1v) is 12.3. The third-order valence-corrected chi connectivity index (χ3v) is 6.11. The number of hydrogen-bond donors (Lipinski definition) is 0. The van der Waals surface area contributed by atoms with Gasteiger partial charge in [-0.2, -0.15) is 13.2 Å². The molecule has 6 nitrogen and oxygen atoms in total. The lowest BCUT2D eigenvalue weighted by Crippen LogP contribution is -2.45. The number of aldehydes is 1. The van der Waals surface area contributed by atoms with Crippen molar-refractivity contribution >= 4 is 12.0 Å². The Labute approximate surface area is 219 Å². The van der Waals surface area contributed by atoms with Crippen molar-refractivity contribution in [3.05, 3.63) is 101 Å². The van der Waals surface area contributed by atoms with Crippen molar-refractivity contribution in [1.82, 2.24) is 4.90 Å². The molecule has 1 atom stereocenters. The Hall–Kier alpha value is -3.69. The smallest absolute Gasteiger partial charge is 0.416 e. The number of aryl methyl sites for hydroxylation is 1. The summed E-state index contributed by atoms with van der Waals surface area (Å²) in [6.45, 7) is 4.05. The van der Waals surface area contributed by atoms with Gasteiger partial charge in [0.05, 0.1) is 31.0 Å². The van der Waals surface area contributed by atoms with Crippen LogP contribution in [0.4, 0.5) is 13.2 Å². The summed E-state index contributed by atoms with van der Waals surface area (Å²) in [7, 11) is 0. The van der Waals surface area contributed by atoms with Crippen LogP contribution in [0.2, 0.25) is 0 Å². The highest BCUT2D eigenvalue weighted by Gasteiger charge is 2.30. The predicted molar refractivity (Wildman–Crippen MR) is 137 cm³/mol. The molecule has 1 fully saturated rings. The van der Waals surface area contributed by atoms with Crippen molar-refractivity contribution in [1.29, 1.82) is 0 Å². The number of hydrogen-bond acceptors (Lipinski definition) is 6. The molecule has 1 aliphatic rings. The maximum atomic E-state index is 12.8. The van der Waals surface area contributed by atoms with Gasteiger partial charge in [0.1, 0.15) is 18.6 Å². The number of ether oxygens (including phenoxy) is 2. The first-order valence-electron chi connectivity index (χ1n) is 12.3. The van der Waals surface area contributed by atoms with Crippen molar-refractivity contribution in [2.24, 2.45) is 5.16 Å². The van der Waals surface area contributed by atoms with Crippen LogP contribution in [0.1, 0.15) is 27.8 Å². The van der Waals surface area contributed by atoms with Crippen LogP contribution >= 0.6 is 0 Å². The zero-order valence-electron chi connectivity index (χ0n) is 21.0. The molecule has 0 aromatic heterocycles. The van der Waals surface area contributed by atoms with E-state index in [1.807, 2.05) is 60.4 Å². The summed E-state index contributed by atoms with van der Waals surface area (Å²) in [5, 5.41) is 4.34. The number of halogens is 3. The van der Waals surface area contributed by atoms with Crippen molar-refractivity contribution in [2.75, 3.05) is 26.2 Å². The van der Waals surface area contributed by atoms with E-state index in [1.165, 1.54) is 12.1 Å². The molecule has 38 heavy (non-hydrogen) atoms. The molecule has 3 aromatic carbocycles. The van der Waals surface area contributed by atoms with Crippen molar-refractivity contribution < 1.29 is 32.3 Å². The number of benzene rings is 3. The minimum absolute atomic E-state index is 0.0444. The highest BCUT2D eigenvalue weighted by atomic mass is 19.4. The largest absolute Gasteiger partial charge is 0.463 e. The Morgan fingerprint density at radius 3 is 2.50 bits per heavy atom. The van der Waals surface area contributed by atoms with E-state index < -0.39 is 18.0 Å². The van der Waals surface area contributed by atoms with E-state index in [0.29, 0.717) is 49.7 Å². The summed E-state index contributed by atoms with van der Waals surface area (Å²) >= 11 is 0. The monoisotopic (exact) mass is 526 g/mol. The number of carbonyl (C=O) groups excluding carboxylic acids is 1. The Morgan fingerprint density at radius 2 is 1.82 bits per heavy atom. The molecule has 0 bridgehead atoms. The molecular weight excluding hydrogens is 497 g/mol. The van der Waals surface area contributed by atoms with E-state index in [0.717, 1.165) is 35.1 Å². The van der Waals surface area contributed by atoms with Crippen LogP contribution in [0.5, 0.6) is 5.75 Å². The Kier molecular flexibility index (Phi) is 9.15. The van der Waals surface area contributed by atoms with Gasteiger partial charge in [-0.15, -0.1) is 0 Å². The molecule has 0 N–H and O–H groups in total. The van der Waals surface area contributed by atoms with Gasteiger partial charge in [0.25, 0.3) is 0 Å². The zero-order chi connectivity index (χ0) is 27.0. The van der Waals surface area contributed by atoms with Crippen LogP contribution < -0.4 is 4.74 Å². The molecule has 0 spiro atoms. The Bertz CT molecular complexity index is 1230. The van der Waals surface area contributed by atoms with Gasteiger partial charge in [-0.1, -0.05) is 59.8 Å². The number of oxime groups is 1. The molecule has 1 aliphatic heterocycles. The fraction of sp³-hybridized carbons (Fsp3) is 0.310. The van der Waals surface area contributed by atoms with Gasteiger partial charge < -0.3 is 19.1 Å². The van der Waals surface area contributed by atoms with Gasteiger partial charge in [0.2, 0.25) is 6.29 Å². The van der Waals surface area contributed by atoms with E-state index in [2.05, 4.69) is 5.16 Å². The molecule has 0 aliphatic carbocycles. The minimum Gasteiger partial charge on any atom is -0.463 e. The van der Waals surface area contributed by atoms with Gasteiger partial charge in [0, 0.05) is 13.0 Å². The van der Waals surface area contributed by atoms with Gasteiger partial charge in [-0.25, -0.2) is 0 Å². The normalized spacial score (nSPS) is 16.7. The maximum absolute atomic E-state index is 12.8. The highest BCUT2D eigenvalue weighted by molar-refractivity contribution is 6.01. The summed E-state index contributed by atoms with van der Waals surface area (Å²) in [5.74, 6) is 0.698. The second-order valence-electron chi connectivity index (χ2n) is 8.99. The van der Waals surface area contributed by atoms with Crippen LogP contribution in [0, 0.1) is 6.92 Å². The first-order chi connectivity index (χ1) is 18.3. The number of morpholine rings is 1. The van der Waals surface area contributed by atoms with Crippen LogP contribution in [-0.2, 0) is 33.6 Å². The molecule has 3 aromatic rings. The Balaban J connectivity index is 1.43. The van der Waals surface area contributed by atoms with Crippen molar-refractivity contribution in [3.63, 3.8) is 0 Å². The standard InChI is InChI=1S/C29H29F3N2O4/c1-21-17-23(9-12-27(21)38-28-19-34(13-15-35)14-16-36-28)18-26(24-5-3-2-4-6-24)33-37-20-22-7-10-25(11-8-22)29(30,31)32/h2-12,15,17,28H,13-14,16,18-20H2,1H3.